The van der Waals surface area contributed by atoms with E-state index in [1.165, 1.54) is 0 Å². The van der Waals surface area contributed by atoms with Crippen molar-refractivity contribution in [2.24, 2.45) is 0 Å². The molecule has 1 saturated heterocycles. The molecule has 1 aliphatic rings. The van der Waals surface area contributed by atoms with Crippen molar-refractivity contribution in [3.63, 3.8) is 0 Å². The van der Waals surface area contributed by atoms with E-state index < -0.39 is 0 Å². The molecule has 0 radical (unpaired) electrons. The van der Waals surface area contributed by atoms with E-state index in [2.05, 4.69) is 15.6 Å². The van der Waals surface area contributed by atoms with Crippen LogP contribution in [0.25, 0.3) is 0 Å². The number of rotatable bonds is 5. The summed E-state index contributed by atoms with van der Waals surface area (Å²) in [5.41, 5.74) is 0.722. The Morgan fingerprint density at radius 1 is 1.44 bits per heavy atom. The van der Waals surface area contributed by atoms with E-state index in [1.807, 2.05) is 19.1 Å². The van der Waals surface area contributed by atoms with Gasteiger partial charge in [0.1, 0.15) is 5.82 Å². The van der Waals surface area contributed by atoms with Gasteiger partial charge < -0.3 is 20.5 Å². The zero-order chi connectivity index (χ0) is 12.8. The van der Waals surface area contributed by atoms with Crippen LogP contribution in [-0.4, -0.2) is 42.0 Å². The van der Waals surface area contributed by atoms with Gasteiger partial charge in [0.25, 0.3) is 0 Å². The summed E-state index contributed by atoms with van der Waals surface area (Å²) < 4.78 is 5.35. The lowest BCUT2D eigenvalue weighted by Crippen LogP contribution is -2.46. The van der Waals surface area contributed by atoms with E-state index >= 15 is 0 Å². The van der Waals surface area contributed by atoms with Crippen LogP contribution in [0.3, 0.4) is 0 Å². The number of nitrogens with one attached hydrogen (secondary N) is 2. The fraction of sp³-hybridized carbons (Fsp3) is 0.615. The number of ether oxygens (including phenoxy) is 1. The van der Waals surface area contributed by atoms with Crippen LogP contribution in [0.15, 0.2) is 18.3 Å². The molecule has 2 rings (SSSR count). The van der Waals surface area contributed by atoms with Crippen molar-refractivity contribution in [3.8, 4) is 0 Å². The first-order valence-electron chi connectivity index (χ1n) is 6.45. The number of aliphatic hydroxyl groups is 1. The molecule has 1 fully saturated rings. The molecule has 3 N–H and O–H groups in total. The Kier molecular flexibility index (Phi) is 4.38. The van der Waals surface area contributed by atoms with Crippen molar-refractivity contribution in [2.75, 3.05) is 37.0 Å². The number of hydrogen-bond acceptors (Lipinski definition) is 5. The van der Waals surface area contributed by atoms with Gasteiger partial charge in [0.05, 0.1) is 12.1 Å². The molecule has 0 amide bonds. The van der Waals surface area contributed by atoms with Crippen LogP contribution >= 0.6 is 0 Å². The van der Waals surface area contributed by atoms with Gasteiger partial charge in [-0.3, -0.25) is 0 Å². The van der Waals surface area contributed by atoms with Gasteiger partial charge >= 0.3 is 0 Å². The minimum atomic E-state index is -0.261. The number of anilines is 2. The summed E-state index contributed by atoms with van der Waals surface area (Å²) in [4.78, 5) is 4.23. The van der Waals surface area contributed by atoms with Crippen LogP contribution in [0.4, 0.5) is 11.5 Å². The van der Waals surface area contributed by atoms with Crippen LogP contribution in [0, 0.1) is 0 Å². The average Bonchev–Trinajstić information content (AvgIpc) is 2.41. The second-order valence-corrected chi connectivity index (χ2v) is 4.64. The molecule has 0 spiro atoms. The van der Waals surface area contributed by atoms with E-state index in [0.717, 1.165) is 30.9 Å². The first-order valence-corrected chi connectivity index (χ1v) is 6.45. The topological polar surface area (TPSA) is 66.4 Å². The first-order chi connectivity index (χ1) is 8.78. The number of aliphatic hydroxyl groups excluding tert-OH is 1. The van der Waals surface area contributed by atoms with Gasteiger partial charge in [0, 0.05) is 37.7 Å². The van der Waals surface area contributed by atoms with Crippen LogP contribution in [0.1, 0.15) is 19.8 Å². The third-order valence-corrected chi connectivity index (χ3v) is 3.28. The van der Waals surface area contributed by atoms with Crippen LogP contribution in [0.2, 0.25) is 0 Å². The molecule has 0 aliphatic carbocycles. The van der Waals surface area contributed by atoms with Crippen molar-refractivity contribution in [1.82, 2.24) is 4.98 Å². The van der Waals surface area contributed by atoms with E-state index in [9.17, 15) is 5.11 Å². The minimum absolute atomic E-state index is 0.120. The average molecular weight is 251 g/mol. The second kappa shape index (κ2) is 6.02. The highest BCUT2D eigenvalue weighted by Crippen LogP contribution is 2.26. The van der Waals surface area contributed by atoms with Crippen LogP contribution < -0.4 is 10.6 Å². The monoisotopic (exact) mass is 251 g/mol. The van der Waals surface area contributed by atoms with Crippen molar-refractivity contribution in [2.45, 2.75) is 25.3 Å². The van der Waals surface area contributed by atoms with Crippen molar-refractivity contribution in [3.05, 3.63) is 18.3 Å². The van der Waals surface area contributed by atoms with Crippen LogP contribution in [-0.2, 0) is 4.74 Å². The lowest BCUT2D eigenvalue weighted by atomic mass is 9.90. The molecule has 0 bridgehead atoms. The molecule has 1 aliphatic heterocycles. The molecule has 0 unspecified atom stereocenters. The summed E-state index contributed by atoms with van der Waals surface area (Å²) in [7, 11) is 0. The van der Waals surface area contributed by atoms with Gasteiger partial charge in [-0.05, 0) is 25.8 Å². The first kappa shape index (κ1) is 13.1. The largest absolute Gasteiger partial charge is 0.394 e. The van der Waals surface area contributed by atoms with Gasteiger partial charge in [-0.15, -0.1) is 0 Å². The molecule has 0 aromatic carbocycles. The molecule has 100 valence electrons. The highest BCUT2D eigenvalue weighted by Gasteiger charge is 2.31. The van der Waals surface area contributed by atoms with Gasteiger partial charge in [-0.25, -0.2) is 4.98 Å². The van der Waals surface area contributed by atoms with E-state index in [4.69, 9.17) is 4.74 Å². The Balaban J connectivity index is 2.08. The molecule has 5 heteroatoms. The maximum Gasteiger partial charge on any atom is 0.127 e. The SMILES string of the molecule is CCNc1cc(NC2(CO)CCOCC2)ccn1. The Morgan fingerprint density at radius 3 is 2.89 bits per heavy atom. The summed E-state index contributed by atoms with van der Waals surface area (Å²) in [5.74, 6) is 0.850. The van der Waals surface area contributed by atoms with Crippen molar-refractivity contribution >= 4 is 11.5 Å². The summed E-state index contributed by atoms with van der Waals surface area (Å²) in [6, 6.07) is 3.89. The molecule has 0 atom stereocenters. The van der Waals surface area contributed by atoms with Gasteiger partial charge in [-0.1, -0.05) is 0 Å². The Labute approximate surface area is 108 Å². The number of hydrogen-bond donors (Lipinski definition) is 3. The van der Waals surface area contributed by atoms with Gasteiger partial charge in [0.2, 0.25) is 0 Å². The Bertz CT molecular complexity index is 378. The minimum Gasteiger partial charge on any atom is -0.394 e. The Hall–Kier alpha value is -1.33. The third kappa shape index (κ3) is 3.11. The lowest BCUT2D eigenvalue weighted by Gasteiger charge is -2.37. The maximum absolute atomic E-state index is 9.63. The number of aromatic nitrogens is 1. The predicted octanol–water partition coefficient (Wildman–Crippen LogP) is 1.47. The standard InChI is InChI=1S/C13H21N3O2/c1-2-14-12-9-11(3-6-15-12)16-13(10-17)4-7-18-8-5-13/h3,6,9,17H,2,4-5,7-8,10H2,1H3,(H2,14,15,16). The molecule has 5 nitrogen and oxygen atoms in total. The van der Waals surface area contributed by atoms with E-state index in [-0.39, 0.29) is 12.1 Å². The summed E-state index contributed by atoms with van der Waals surface area (Å²) in [6.45, 7) is 4.39. The fourth-order valence-corrected chi connectivity index (χ4v) is 2.18. The summed E-state index contributed by atoms with van der Waals surface area (Å²) >= 11 is 0. The highest BCUT2D eigenvalue weighted by molar-refractivity contribution is 5.53. The van der Waals surface area contributed by atoms with Crippen molar-refractivity contribution in [1.29, 1.82) is 0 Å². The smallest absolute Gasteiger partial charge is 0.127 e. The third-order valence-electron chi connectivity index (χ3n) is 3.28. The normalized spacial score (nSPS) is 18.3. The molecule has 1 aromatic heterocycles. The van der Waals surface area contributed by atoms with E-state index in [1.54, 1.807) is 6.20 Å². The fourth-order valence-electron chi connectivity index (χ4n) is 2.18. The molecule has 18 heavy (non-hydrogen) atoms. The predicted molar refractivity (Wildman–Crippen MR) is 71.9 cm³/mol. The second-order valence-electron chi connectivity index (χ2n) is 4.64. The van der Waals surface area contributed by atoms with Gasteiger partial charge in [-0.2, -0.15) is 0 Å². The zero-order valence-electron chi connectivity index (χ0n) is 10.8. The van der Waals surface area contributed by atoms with E-state index in [0.29, 0.717) is 13.2 Å². The van der Waals surface area contributed by atoms with Crippen molar-refractivity contribution < 1.29 is 9.84 Å². The molecular formula is C13H21N3O2. The van der Waals surface area contributed by atoms with Gasteiger partial charge in [0.15, 0.2) is 0 Å². The lowest BCUT2D eigenvalue weighted by molar-refractivity contribution is 0.0380. The molecule has 2 heterocycles. The maximum atomic E-state index is 9.63. The van der Waals surface area contributed by atoms with Crippen LogP contribution in [0.5, 0.6) is 0 Å². The molecule has 1 aromatic rings. The zero-order valence-corrected chi connectivity index (χ0v) is 10.8. The quantitative estimate of drug-likeness (QED) is 0.739. The number of nitrogens with zero attached hydrogens (tertiary/aromatic N) is 1. The Morgan fingerprint density at radius 2 is 2.22 bits per heavy atom. The molecular weight excluding hydrogens is 230 g/mol. The number of pyridine rings is 1. The summed E-state index contributed by atoms with van der Waals surface area (Å²) in [5, 5.41) is 16.2. The highest BCUT2D eigenvalue weighted by atomic mass is 16.5. The molecule has 0 saturated carbocycles. The summed E-state index contributed by atoms with van der Waals surface area (Å²) in [6.07, 6.45) is 3.41.